The van der Waals surface area contributed by atoms with Crippen LogP contribution in [0.2, 0.25) is 5.02 Å². The highest BCUT2D eigenvalue weighted by Crippen LogP contribution is 2.36. The van der Waals surface area contributed by atoms with Crippen LogP contribution in [0.5, 0.6) is 5.75 Å². The minimum Gasteiger partial charge on any atom is -0.497 e. The molecule has 7 nitrogen and oxygen atoms in total. The maximum atomic E-state index is 11.4. The summed E-state index contributed by atoms with van der Waals surface area (Å²) in [6, 6.07) is 15.5. The molecule has 0 radical (unpaired) electrons. The van der Waals surface area contributed by atoms with E-state index in [9.17, 15) is 10.1 Å². The van der Waals surface area contributed by atoms with Crippen LogP contribution in [0.3, 0.4) is 0 Å². The molecule has 0 amide bonds. The summed E-state index contributed by atoms with van der Waals surface area (Å²) in [5, 5.41) is 16.5. The van der Waals surface area contributed by atoms with E-state index >= 15 is 0 Å². The monoisotopic (exact) mass is 397 g/mol. The molecule has 0 fully saturated rings. The number of benzene rings is 2. The number of ether oxygens (including phenoxy) is 1. The van der Waals surface area contributed by atoms with E-state index in [1.54, 1.807) is 24.3 Å². The Morgan fingerprint density at radius 1 is 1.21 bits per heavy atom. The van der Waals surface area contributed by atoms with Gasteiger partial charge >= 0.3 is 0 Å². The van der Waals surface area contributed by atoms with Crippen molar-refractivity contribution in [1.29, 1.82) is 0 Å². The van der Waals surface area contributed by atoms with Gasteiger partial charge in [-0.15, -0.1) is 0 Å². The molecule has 2 heterocycles. The summed E-state index contributed by atoms with van der Waals surface area (Å²) >= 11 is 5.93. The van der Waals surface area contributed by atoms with Gasteiger partial charge in [0.2, 0.25) is 0 Å². The maximum absolute atomic E-state index is 11.4. The van der Waals surface area contributed by atoms with Crippen molar-refractivity contribution < 1.29 is 14.1 Å². The zero-order valence-corrected chi connectivity index (χ0v) is 15.6. The summed E-state index contributed by atoms with van der Waals surface area (Å²) in [7, 11) is 1.47. The Balaban J connectivity index is 1.56. The predicted octanol–water partition coefficient (Wildman–Crippen LogP) is 4.96. The van der Waals surface area contributed by atoms with Gasteiger partial charge in [0, 0.05) is 11.4 Å². The van der Waals surface area contributed by atoms with Crippen molar-refractivity contribution >= 4 is 23.0 Å². The minimum atomic E-state index is -0.449. The number of hydrogen-bond acceptors (Lipinski definition) is 6. The van der Waals surface area contributed by atoms with Gasteiger partial charge in [-0.3, -0.25) is 15.5 Å². The topological polar surface area (TPSA) is 89.9 Å². The number of methoxy groups -OCH3 is 1. The summed E-state index contributed by atoms with van der Waals surface area (Å²) in [5.74, 6) is 1.50. The highest BCUT2D eigenvalue weighted by molar-refractivity contribution is 6.30. The van der Waals surface area contributed by atoms with Crippen molar-refractivity contribution in [2.75, 3.05) is 7.11 Å². The molecule has 1 atom stereocenters. The van der Waals surface area contributed by atoms with E-state index in [4.69, 9.17) is 20.8 Å². The first-order valence-electron chi connectivity index (χ1n) is 8.55. The lowest BCUT2D eigenvalue weighted by Gasteiger charge is -2.07. The van der Waals surface area contributed by atoms with E-state index in [1.165, 1.54) is 13.2 Å². The SMILES string of the molecule is COc1ccc(-c2ccc(C3CC(c4ccc(Cl)cc4)=NN3)o2)c([N+](=O)[O-])c1. The van der Waals surface area contributed by atoms with Crippen LogP contribution in [0.1, 0.15) is 23.8 Å². The highest BCUT2D eigenvalue weighted by Gasteiger charge is 2.26. The molecule has 1 aromatic heterocycles. The molecule has 0 spiro atoms. The number of nitro groups is 1. The number of nitrogens with one attached hydrogen (secondary N) is 1. The molecule has 0 aliphatic carbocycles. The standard InChI is InChI=1S/C20H16ClN3O4/c1-27-14-6-7-15(18(10-14)24(25)26)19-8-9-20(28-19)17-11-16(22-23-17)12-2-4-13(21)5-3-12/h2-10,17,23H,11H2,1H3. The van der Waals surface area contributed by atoms with Crippen LogP contribution in [-0.2, 0) is 0 Å². The molecule has 3 aromatic rings. The number of nitrogens with zero attached hydrogens (tertiary/aromatic N) is 2. The van der Waals surface area contributed by atoms with Crippen molar-refractivity contribution in [3.05, 3.63) is 81.1 Å². The zero-order chi connectivity index (χ0) is 19.7. The Kier molecular flexibility index (Phi) is 4.75. The van der Waals surface area contributed by atoms with Gasteiger partial charge in [0.1, 0.15) is 23.3 Å². The fourth-order valence-corrected chi connectivity index (χ4v) is 3.24. The van der Waals surface area contributed by atoms with Crippen molar-refractivity contribution in [1.82, 2.24) is 5.43 Å². The van der Waals surface area contributed by atoms with Crippen molar-refractivity contribution in [2.24, 2.45) is 5.10 Å². The van der Waals surface area contributed by atoms with Crippen molar-refractivity contribution in [3.8, 4) is 17.1 Å². The second-order valence-corrected chi connectivity index (χ2v) is 6.73. The summed E-state index contributed by atoms with van der Waals surface area (Å²) in [5.41, 5.74) is 5.27. The lowest BCUT2D eigenvalue weighted by atomic mass is 10.0. The molecule has 0 bridgehead atoms. The minimum absolute atomic E-state index is 0.0715. The summed E-state index contributed by atoms with van der Waals surface area (Å²) in [6.07, 6.45) is 0.638. The van der Waals surface area contributed by atoms with E-state index < -0.39 is 4.92 Å². The Bertz CT molecular complexity index is 1060. The summed E-state index contributed by atoms with van der Waals surface area (Å²) < 4.78 is 11.0. The molecular formula is C20H16ClN3O4. The van der Waals surface area contributed by atoms with E-state index in [0.29, 0.717) is 34.3 Å². The van der Waals surface area contributed by atoms with Crippen molar-refractivity contribution in [3.63, 3.8) is 0 Å². The number of hydrogen-bond donors (Lipinski definition) is 1. The lowest BCUT2D eigenvalue weighted by Crippen LogP contribution is -2.08. The third-order valence-electron chi connectivity index (χ3n) is 4.57. The number of rotatable bonds is 5. The van der Waals surface area contributed by atoms with E-state index in [0.717, 1.165) is 11.3 Å². The quantitative estimate of drug-likeness (QED) is 0.485. The second-order valence-electron chi connectivity index (χ2n) is 6.29. The molecule has 2 aromatic carbocycles. The average molecular weight is 398 g/mol. The number of halogens is 1. The van der Waals surface area contributed by atoms with Gasteiger partial charge < -0.3 is 9.15 Å². The van der Waals surface area contributed by atoms with Crippen LogP contribution < -0.4 is 10.2 Å². The predicted molar refractivity (Wildman–Crippen MR) is 106 cm³/mol. The molecule has 8 heteroatoms. The Hall–Kier alpha value is -3.32. The normalized spacial score (nSPS) is 15.8. The molecule has 142 valence electrons. The largest absolute Gasteiger partial charge is 0.497 e. The Morgan fingerprint density at radius 3 is 2.71 bits per heavy atom. The number of furan rings is 1. The van der Waals surface area contributed by atoms with Crippen molar-refractivity contribution in [2.45, 2.75) is 12.5 Å². The molecule has 0 saturated carbocycles. The van der Waals surface area contributed by atoms with Crippen LogP contribution in [-0.4, -0.2) is 17.7 Å². The number of nitro benzene ring substituents is 1. The van der Waals surface area contributed by atoms with Gasteiger partial charge in [0.05, 0.1) is 29.4 Å². The van der Waals surface area contributed by atoms with Gasteiger partial charge in [-0.2, -0.15) is 5.10 Å². The highest BCUT2D eigenvalue weighted by atomic mass is 35.5. The van der Waals surface area contributed by atoms with Gasteiger partial charge in [0.25, 0.3) is 5.69 Å². The molecule has 1 aliphatic heterocycles. The Morgan fingerprint density at radius 2 is 2.00 bits per heavy atom. The average Bonchev–Trinajstić information content (AvgIpc) is 3.37. The third-order valence-corrected chi connectivity index (χ3v) is 4.82. The molecule has 1 aliphatic rings. The molecule has 0 saturated heterocycles. The Labute approximate surface area is 165 Å². The van der Waals surface area contributed by atoms with E-state index in [2.05, 4.69) is 10.5 Å². The fraction of sp³-hybridized carbons (Fsp3) is 0.150. The van der Waals surface area contributed by atoms with Crippen LogP contribution in [0.25, 0.3) is 11.3 Å². The van der Waals surface area contributed by atoms with Gasteiger partial charge in [-0.1, -0.05) is 23.7 Å². The number of hydrazone groups is 1. The van der Waals surface area contributed by atoms with E-state index in [1.807, 2.05) is 24.3 Å². The smallest absolute Gasteiger partial charge is 0.284 e. The fourth-order valence-electron chi connectivity index (χ4n) is 3.11. The zero-order valence-electron chi connectivity index (χ0n) is 14.9. The first-order valence-corrected chi connectivity index (χ1v) is 8.93. The van der Waals surface area contributed by atoms with Gasteiger partial charge in [0.15, 0.2) is 0 Å². The summed E-state index contributed by atoms with van der Waals surface area (Å²) in [6.45, 7) is 0. The lowest BCUT2D eigenvalue weighted by molar-refractivity contribution is -0.384. The molecular weight excluding hydrogens is 382 g/mol. The molecule has 1 N–H and O–H groups in total. The van der Waals surface area contributed by atoms with Crippen LogP contribution >= 0.6 is 11.6 Å². The molecule has 1 unspecified atom stereocenters. The second kappa shape index (κ2) is 7.36. The third kappa shape index (κ3) is 3.44. The molecule has 4 rings (SSSR count). The van der Waals surface area contributed by atoms with Crippen LogP contribution in [0, 0.1) is 10.1 Å². The van der Waals surface area contributed by atoms with E-state index in [-0.39, 0.29) is 11.7 Å². The first kappa shape index (κ1) is 18.1. The van der Waals surface area contributed by atoms with Gasteiger partial charge in [-0.05, 0) is 42.0 Å². The van der Waals surface area contributed by atoms with Gasteiger partial charge in [-0.25, -0.2) is 0 Å². The first-order chi connectivity index (χ1) is 13.5. The van der Waals surface area contributed by atoms with Crippen LogP contribution in [0.4, 0.5) is 5.69 Å². The maximum Gasteiger partial charge on any atom is 0.284 e. The van der Waals surface area contributed by atoms with Crippen LogP contribution in [0.15, 0.2) is 64.1 Å². The summed E-state index contributed by atoms with van der Waals surface area (Å²) in [4.78, 5) is 11.0. The molecule has 28 heavy (non-hydrogen) atoms.